The summed E-state index contributed by atoms with van der Waals surface area (Å²) in [6.45, 7) is 4.16. The summed E-state index contributed by atoms with van der Waals surface area (Å²) >= 11 is 0. The zero-order valence-electron chi connectivity index (χ0n) is 11.8. The molecule has 2 aromatic rings. The summed E-state index contributed by atoms with van der Waals surface area (Å²) in [5.74, 6) is 0. The van der Waals surface area contributed by atoms with Crippen LogP contribution in [0.25, 0.3) is 0 Å². The number of hydrogen-bond acceptors (Lipinski definition) is 3. The van der Waals surface area contributed by atoms with E-state index in [2.05, 4.69) is 15.3 Å². The number of nitrogens with one attached hydrogen (secondary N) is 1. The molecule has 0 aliphatic heterocycles. The zero-order chi connectivity index (χ0) is 15.5. The van der Waals surface area contributed by atoms with Crippen LogP contribution in [0.5, 0.6) is 0 Å². The van der Waals surface area contributed by atoms with Crippen molar-refractivity contribution in [2.24, 2.45) is 0 Å². The van der Waals surface area contributed by atoms with Gasteiger partial charge in [-0.05, 0) is 31.2 Å². The summed E-state index contributed by atoms with van der Waals surface area (Å²) in [7, 11) is 0. The summed E-state index contributed by atoms with van der Waals surface area (Å²) in [5.41, 5.74) is 0.855. The van der Waals surface area contributed by atoms with E-state index >= 15 is 0 Å². The van der Waals surface area contributed by atoms with Crippen LogP contribution >= 0.6 is 0 Å². The molecule has 0 aromatic carbocycles. The van der Waals surface area contributed by atoms with Gasteiger partial charge in [0.15, 0.2) is 0 Å². The van der Waals surface area contributed by atoms with Crippen molar-refractivity contribution in [1.82, 2.24) is 15.3 Å². The molecular formula is C15H16F3N3. The Labute approximate surface area is 121 Å². The molecule has 0 saturated carbocycles. The van der Waals surface area contributed by atoms with Crippen molar-refractivity contribution in [3.63, 3.8) is 0 Å². The molecule has 0 aliphatic rings. The Kier molecular flexibility index (Phi) is 4.57. The molecule has 2 aromatic heterocycles. The van der Waals surface area contributed by atoms with Gasteiger partial charge in [0.2, 0.25) is 0 Å². The molecule has 0 radical (unpaired) electrons. The molecule has 0 amide bonds. The Morgan fingerprint density at radius 3 is 2.57 bits per heavy atom. The summed E-state index contributed by atoms with van der Waals surface area (Å²) in [6, 6.07) is 3.92. The fourth-order valence-corrected chi connectivity index (χ4v) is 2.29. The molecule has 21 heavy (non-hydrogen) atoms. The molecule has 2 rings (SSSR count). The van der Waals surface area contributed by atoms with E-state index in [1.54, 1.807) is 25.3 Å². The first-order valence-electron chi connectivity index (χ1n) is 6.61. The molecule has 3 nitrogen and oxygen atoms in total. The van der Waals surface area contributed by atoms with Gasteiger partial charge in [-0.1, -0.05) is 13.0 Å². The number of nitrogens with zero attached hydrogens (tertiary/aromatic N) is 2. The van der Waals surface area contributed by atoms with E-state index in [0.717, 1.165) is 17.8 Å². The molecule has 0 spiro atoms. The standard InChI is InChI=1S/C15H16F3N3/c1-3-20-14(11-5-4-7-21-10(11)2)12-9-19-8-6-13(12)15(16,17)18/h4-9,14,20H,3H2,1-2H3. The fourth-order valence-electron chi connectivity index (χ4n) is 2.29. The Hall–Kier alpha value is -1.95. The van der Waals surface area contributed by atoms with Gasteiger partial charge in [0.25, 0.3) is 0 Å². The Morgan fingerprint density at radius 2 is 1.95 bits per heavy atom. The number of alkyl halides is 3. The first-order valence-corrected chi connectivity index (χ1v) is 6.61. The first kappa shape index (κ1) is 15.4. The average molecular weight is 295 g/mol. The highest BCUT2D eigenvalue weighted by atomic mass is 19.4. The highest BCUT2D eigenvalue weighted by molar-refractivity contribution is 5.38. The maximum atomic E-state index is 13.2. The molecule has 1 atom stereocenters. The lowest BCUT2D eigenvalue weighted by Crippen LogP contribution is -2.26. The van der Waals surface area contributed by atoms with Crippen molar-refractivity contribution in [3.8, 4) is 0 Å². The number of halogens is 3. The van der Waals surface area contributed by atoms with Crippen molar-refractivity contribution >= 4 is 0 Å². The van der Waals surface area contributed by atoms with Gasteiger partial charge in [-0.3, -0.25) is 9.97 Å². The van der Waals surface area contributed by atoms with Crippen molar-refractivity contribution in [2.45, 2.75) is 26.1 Å². The van der Waals surface area contributed by atoms with Crippen LogP contribution in [-0.4, -0.2) is 16.5 Å². The van der Waals surface area contributed by atoms with E-state index in [0.29, 0.717) is 12.2 Å². The molecule has 6 heteroatoms. The number of pyridine rings is 2. The fraction of sp³-hybridized carbons (Fsp3) is 0.333. The monoisotopic (exact) mass is 295 g/mol. The van der Waals surface area contributed by atoms with Crippen LogP contribution in [-0.2, 0) is 6.18 Å². The molecule has 0 aliphatic carbocycles. The molecule has 112 valence electrons. The van der Waals surface area contributed by atoms with Crippen LogP contribution in [0.3, 0.4) is 0 Å². The lowest BCUT2D eigenvalue weighted by molar-refractivity contribution is -0.138. The van der Waals surface area contributed by atoms with Gasteiger partial charge in [0.05, 0.1) is 11.6 Å². The topological polar surface area (TPSA) is 37.8 Å². The van der Waals surface area contributed by atoms with Gasteiger partial charge >= 0.3 is 6.18 Å². The normalized spacial score (nSPS) is 13.2. The lowest BCUT2D eigenvalue weighted by Gasteiger charge is -2.23. The van der Waals surface area contributed by atoms with Gasteiger partial charge in [0.1, 0.15) is 0 Å². The number of hydrogen-bond donors (Lipinski definition) is 1. The molecule has 2 heterocycles. The molecule has 1 N–H and O–H groups in total. The second-order valence-electron chi connectivity index (χ2n) is 4.63. The van der Waals surface area contributed by atoms with Crippen LogP contribution in [0.4, 0.5) is 13.2 Å². The van der Waals surface area contributed by atoms with E-state index in [-0.39, 0.29) is 5.56 Å². The predicted molar refractivity (Wildman–Crippen MR) is 73.7 cm³/mol. The third-order valence-corrected chi connectivity index (χ3v) is 3.24. The van der Waals surface area contributed by atoms with Crippen LogP contribution in [0, 0.1) is 6.92 Å². The van der Waals surface area contributed by atoms with Crippen LogP contribution in [0.15, 0.2) is 36.8 Å². The van der Waals surface area contributed by atoms with Gasteiger partial charge < -0.3 is 5.32 Å². The first-order chi connectivity index (χ1) is 9.95. The minimum Gasteiger partial charge on any atom is -0.306 e. The van der Waals surface area contributed by atoms with E-state index in [9.17, 15) is 13.2 Å². The second kappa shape index (κ2) is 6.22. The van der Waals surface area contributed by atoms with E-state index in [1.165, 1.54) is 6.20 Å². The van der Waals surface area contributed by atoms with Gasteiger partial charge in [0, 0.05) is 29.8 Å². The van der Waals surface area contributed by atoms with Gasteiger partial charge in [-0.15, -0.1) is 0 Å². The maximum Gasteiger partial charge on any atom is 0.416 e. The number of aromatic nitrogens is 2. The smallest absolute Gasteiger partial charge is 0.306 e. The average Bonchev–Trinajstić information content (AvgIpc) is 2.45. The van der Waals surface area contributed by atoms with Crippen molar-refractivity contribution in [3.05, 3.63) is 59.2 Å². The highest BCUT2D eigenvalue weighted by Crippen LogP contribution is 2.36. The Bertz CT molecular complexity index is 611. The quantitative estimate of drug-likeness (QED) is 0.938. The number of rotatable bonds is 4. The summed E-state index contributed by atoms with van der Waals surface area (Å²) in [6.07, 6.45) is -0.369. The molecule has 1 unspecified atom stereocenters. The van der Waals surface area contributed by atoms with E-state index < -0.39 is 17.8 Å². The van der Waals surface area contributed by atoms with E-state index in [4.69, 9.17) is 0 Å². The molecule has 0 saturated heterocycles. The third kappa shape index (κ3) is 3.39. The molecular weight excluding hydrogens is 279 g/mol. The van der Waals surface area contributed by atoms with Crippen molar-refractivity contribution < 1.29 is 13.2 Å². The SMILES string of the molecule is CCNC(c1cnccc1C(F)(F)F)c1cccnc1C. The van der Waals surface area contributed by atoms with Crippen LogP contribution in [0.1, 0.15) is 35.3 Å². The van der Waals surface area contributed by atoms with Crippen LogP contribution in [0.2, 0.25) is 0 Å². The number of aryl methyl sites for hydroxylation is 1. The predicted octanol–water partition coefficient (Wildman–Crippen LogP) is 3.50. The van der Waals surface area contributed by atoms with Gasteiger partial charge in [-0.2, -0.15) is 13.2 Å². The van der Waals surface area contributed by atoms with Crippen molar-refractivity contribution in [2.75, 3.05) is 6.54 Å². The molecule has 0 bridgehead atoms. The minimum absolute atomic E-state index is 0.114. The van der Waals surface area contributed by atoms with Crippen molar-refractivity contribution in [1.29, 1.82) is 0 Å². The van der Waals surface area contributed by atoms with Crippen LogP contribution < -0.4 is 5.32 Å². The van der Waals surface area contributed by atoms with Gasteiger partial charge in [-0.25, -0.2) is 0 Å². The summed E-state index contributed by atoms with van der Waals surface area (Å²) < 4.78 is 39.6. The largest absolute Gasteiger partial charge is 0.416 e. The Morgan fingerprint density at radius 1 is 1.19 bits per heavy atom. The highest BCUT2D eigenvalue weighted by Gasteiger charge is 2.35. The third-order valence-electron chi connectivity index (χ3n) is 3.24. The zero-order valence-corrected chi connectivity index (χ0v) is 11.8. The Balaban J connectivity index is 2.57. The maximum absolute atomic E-state index is 13.2. The summed E-state index contributed by atoms with van der Waals surface area (Å²) in [5, 5.41) is 3.09. The summed E-state index contributed by atoms with van der Waals surface area (Å²) in [4.78, 5) is 8.01. The minimum atomic E-state index is -4.41. The lowest BCUT2D eigenvalue weighted by atomic mass is 9.95. The molecule has 0 fully saturated rings. The van der Waals surface area contributed by atoms with E-state index in [1.807, 2.05) is 6.92 Å². The second-order valence-corrected chi connectivity index (χ2v) is 4.63.